The molecule has 0 aliphatic rings. The van der Waals surface area contributed by atoms with E-state index in [4.69, 9.17) is 16.3 Å². The quantitative estimate of drug-likeness (QED) is 0.756. The van der Waals surface area contributed by atoms with Crippen molar-refractivity contribution in [2.45, 2.75) is 12.3 Å². The van der Waals surface area contributed by atoms with Crippen LogP contribution in [0.25, 0.3) is 0 Å². The minimum atomic E-state index is -2.79. The standard InChI is InChI=1S/C16H13ClF2O2/c1-21-13-8-4-11(5-9-13)15(20)14(16(18)19)10-2-6-12(17)7-3-10/h2-9,14,16H,1H3. The van der Waals surface area contributed by atoms with Crippen molar-refractivity contribution in [2.24, 2.45) is 0 Å². The second-order valence-corrected chi connectivity index (χ2v) is 4.89. The highest BCUT2D eigenvalue weighted by atomic mass is 35.5. The molecule has 0 aromatic heterocycles. The summed E-state index contributed by atoms with van der Waals surface area (Å²) in [6.45, 7) is 0. The third-order valence-electron chi connectivity index (χ3n) is 3.14. The first-order valence-corrected chi connectivity index (χ1v) is 6.62. The summed E-state index contributed by atoms with van der Waals surface area (Å²) in [5.74, 6) is -1.57. The molecular formula is C16H13ClF2O2. The van der Waals surface area contributed by atoms with Gasteiger partial charge in [0, 0.05) is 10.6 Å². The third kappa shape index (κ3) is 3.58. The van der Waals surface area contributed by atoms with Crippen molar-refractivity contribution in [2.75, 3.05) is 7.11 Å². The number of Topliss-reactive ketones (excluding diaryl/α,β-unsaturated/α-hetero) is 1. The molecule has 0 N–H and O–H groups in total. The van der Waals surface area contributed by atoms with E-state index in [-0.39, 0.29) is 11.1 Å². The molecule has 1 atom stereocenters. The van der Waals surface area contributed by atoms with E-state index in [1.807, 2.05) is 0 Å². The van der Waals surface area contributed by atoms with Gasteiger partial charge in [-0.25, -0.2) is 8.78 Å². The number of hydrogen-bond acceptors (Lipinski definition) is 2. The Hall–Kier alpha value is -1.94. The largest absolute Gasteiger partial charge is 0.497 e. The van der Waals surface area contributed by atoms with Crippen LogP contribution in [-0.4, -0.2) is 19.3 Å². The van der Waals surface area contributed by atoms with Crippen molar-refractivity contribution in [1.82, 2.24) is 0 Å². The molecule has 5 heteroatoms. The zero-order valence-corrected chi connectivity index (χ0v) is 12.0. The molecule has 0 aliphatic heterocycles. The number of benzene rings is 2. The highest BCUT2D eigenvalue weighted by Crippen LogP contribution is 2.29. The number of methoxy groups -OCH3 is 1. The Labute approximate surface area is 126 Å². The summed E-state index contributed by atoms with van der Waals surface area (Å²) in [4.78, 5) is 12.3. The number of ether oxygens (including phenoxy) is 1. The number of alkyl halides is 2. The van der Waals surface area contributed by atoms with E-state index in [9.17, 15) is 13.6 Å². The SMILES string of the molecule is COc1ccc(C(=O)C(c2ccc(Cl)cc2)C(F)F)cc1. The molecule has 0 bridgehead atoms. The average Bonchev–Trinajstić information content (AvgIpc) is 2.49. The van der Waals surface area contributed by atoms with Gasteiger partial charge in [0.05, 0.1) is 7.11 Å². The molecule has 21 heavy (non-hydrogen) atoms. The van der Waals surface area contributed by atoms with Gasteiger partial charge in [0.15, 0.2) is 5.78 Å². The Morgan fingerprint density at radius 2 is 1.62 bits per heavy atom. The van der Waals surface area contributed by atoms with Crippen LogP contribution in [0.5, 0.6) is 5.75 Å². The third-order valence-corrected chi connectivity index (χ3v) is 3.39. The van der Waals surface area contributed by atoms with Gasteiger partial charge in [-0.15, -0.1) is 0 Å². The summed E-state index contributed by atoms with van der Waals surface area (Å²) < 4.78 is 31.6. The second kappa shape index (κ2) is 6.68. The van der Waals surface area contributed by atoms with Gasteiger partial charge < -0.3 is 4.74 Å². The smallest absolute Gasteiger partial charge is 0.252 e. The Morgan fingerprint density at radius 1 is 1.05 bits per heavy atom. The lowest BCUT2D eigenvalue weighted by Gasteiger charge is -2.15. The van der Waals surface area contributed by atoms with E-state index in [2.05, 4.69) is 0 Å². The van der Waals surface area contributed by atoms with Crippen LogP contribution in [0.3, 0.4) is 0 Å². The Bertz CT molecular complexity index is 609. The molecule has 0 saturated carbocycles. The summed E-state index contributed by atoms with van der Waals surface area (Å²) in [6, 6.07) is 12.0. The molecule has 2 nitrogen and oxygen atoms in total. The van der Waals surface area contributed by atoms with Crippen molar-refractivity contribution >= 4 is 17.4 Å². The minimum absolute atomic E-state index is 0.219. The number of carbonyl (C=O) groups is 1. The highest BCUT2D eigenvalue weighted by Gasteiger charge is 2.30. The van der Waals surface area contributed by atoms with Crippen LogP contribution in [0.4, 0.5) is 8.78 Å². The number of rotatable bonds is 5. The molecule has 0 fully saturated rings. The maximum Gasteiger partial charge on any atom is 0.252 e. The van der Waals surface area contributed by atoms with E-state index in [0.29, 0.717) is 10.8 Å². The van der Waals surface area contributed by atoms with E-state index in [1.165, 1.54) is 43.5 Å². The number of carbonyl (C=O) groups excluding carboxylic acids is 1. The number of halogens is 3. The van der Waals surface area contributed by atoms with Crippen LogP contribution < -0.4 is 4.74 Å². The number of ketones is 1. The second-order valence-electron chi connectivity index (χ2n) is 4.46. The molecule has 0 saturated heterocycles. The van der Waals surface area contributed by atoms with Crippen LogP contribution >= 0.6 is 11.6 Å². The fourth-order valence-corrected chi connectivity index (χ4v) is 2.14. The molecule has 2 aromatic rings. The Kier molecular flexibility index (Phi) is 4.91. The average molecular weight is 311 g/mol. The molecule has 110 valence electrons. The predicted molar refractivity (Wildman–Crippen MR) is 77.5 cm³/mol. The molecule has 0 radical (unpaired) electrons. The van der Waals surface area contributed by atoms with Crippen LogP contribution in [0, 0.1) is 0 Å². The van der Waals surface area contributed by atoms with Crippen molar-refractivity contribution in [1.29, 1.82) is 0 Å². The fraction of sp³-hybridized carbons (Fsp3) is 0.188. The lowest BCUT2D eigenvalue weighted by atomic mass is 9.91. The highest BCUT2D eigenvalue weighted by molar-refractivity contribution is 6.30. The Morgan fingerprint density at radius 3 is 2.10 bits per heavy atom. The fourth-order valence-electron chi connectivity index (χ4n) is 2.02. The maximum absolute atomic E-state index is 13.3. The van der Waals surface area contributed by atoms with Crippen LogP contribution in [0.1, 0.15) is 21.8 Å². The molecule has 2 aromatic carbocycles. The summed E-state index contributed by atoms with van der Waals surface area (Å²) in [7, 11) is 1.49. The van der Waals surface area contributed by atoms with Gasteiger partial charge in [-0.1, -0.05) is 23.7 Å². The first-order chi connectivity index (χ1) is 10.0. The van der Waals surface area contributed by atoms with Crippen molar-refractivity contribution < 1.29 is 18.3 Å². The van der Waals surface area contributed by atoms with Crippen LogP contribution in [0.15, 0.2) is 48.5 Å². The van der Waals surface area contributed by atoms with Gasteiger partial charge in [0.2, 0.25) is 0 Å². The predicted octanol–water partition coefficient (Wildman–Crippen LogP) is 4.58. The maximum atomic E-state index is 13.3. The van der Waals surface area contributed by atoms with Gasteiger partial charge in [0.25, 0.3) is 6.43 Å². The minimum Gasteiger partial charge on any atom is -0.497 e. The zero-order chi connectivity index (χ0) is 15.4. The van der Waals surface area contributed by atoms with Gasteiger partial charge in [-0.3, -0.25) is 4.79 Å². The summed E-state index contributed by atoms with van der Waals surface area (Å²) in [5.41, 5.74) is 0.464. The monoisotopic (exact) mass is 310 g/mol. The summed E-state index contributed by atoms with van der Waals surface area (Å²) in [6.07, 6.45) is -2.79. The van der Waals surface area contributed by atoms with Gasteiger partial charge >= 0.3 is 0 Å². The van der Waals surface area contributed by atoms with Gasteiger partial charge in [-0.2, -0.15) is 0 Å². The van der Waals surface area contributed by atoms with Gasteiger partial charge in [0.1, 0.15) is 11.7 Å². The first kappa shape index (κ1) is 15.4. The van der Waals surface area contributed by atoms with E-state index in [1.54, 1.807) is 12.1 Å². The molecule has 1 unspecified atom stereocenters. The summed E-state index contributed by atoms with van der Waals surface area (Å²) in [5, 5.41) is 0.434. The topological polar surface area (TPSA) is 26.3 Å². The summed E-state index contributed by atoms with van der Waals surface area (Å²) >= 11 is 5.74. The van der Waals surface area contributed by atoms with Crippen molar-refractivity contribution in [3.63, 3.8) is 0 Å². The molecular weight excluding hydrogens is 298 g/mol. The van der Waals surface area contributed by atoms with E-state index < -0.39 is 18.1 Å². The lowest BCUT2D eigenvalue weighted by molar-refractivity contribution is 0.0735. The molecule has 0 aliphatic carbocycles. The van der Waals surface area contributed by atoms with Crippen LogP contribution in [-0.2, 0) is 0 Å². The molecule has 0 spiro atoms. The van der Waals surface area contributed by atoms with Crippen molar-refractivity contribution in [3.05, 3.63) is 64.7 Å². The molecule has 2 rings (SSSR count). The molecule has 0 heterocycles. The van der Waals surface area contributed by atoms with Gasteiger partial charge in [-0.05, 0) is 42.0 Å². The number of hydrogen-bond donors (Lipinski definition) is 0. The van der Waals surface area contributed by atoms with E-state index >= 15 is 0 Å². The molecule has 0 amide bonds. The Balaban J connectivity index is 2.32. The lowest BCUT2D eigenvalue weighted by Crippen LogP contribution is -2.20. The van der Waals surface area contributed by atoms with E-state index in [0.717, 1.165) is 0 Å². The normalized spacial score (nSPS) is 12.2. The first-order valence-electron chi connectivity index (χ1n) is 6.25. The zero-order valence-electron chi connectivity index (χ0n) is 11.2. The van der Waals surface area contributed by atoms with Crippen LogP contribution in [0.2, 0.25) is 5.02 Å². The van der Waals surface area contributed by atoms with Crippen molar-refractivity contribution in [3.8, 4) is 5.75 Å².